The van der Waals surface area contributed by atoms with Crippen LogP contribution < -0.4 is 0 Å². The Kier molecular flexibility index (Phi) is 2.70. The summed E-state index contributed by atoms with van der Waals surface area (Å²) in [6.45, 7) is 0. The zero-order valence-electron chi connectivity index (χ0n) is 10.3. The number of ketones is 1. The van der Waals surface area contributed by atoms with E-state index in [1.54, 1.807) is 23.3 Å². The first-order valence-electron chi connectivity index (χ1n) is 6.21. The number of Topliss-reactive ketones (excluding diaryl/α,β-unsaturated/α-hetero) is 1. The van der Waals surface area contributed by atoms with Crippen molar-refractivity contribution < 1.29 is 4.79 Å². The number of hydrogen-bond donors (Lipinski definition) is 0. The molecule has 1 unspecified atom stereocenters. The monoisotopic (exact) mass is 241 g/mol. The van der Waals surface area contributed by atoms with Crippen molar-refractivity contribution in [3.63, 3.8) is 0 Å². The van der Waals surface area contributed by atoms with E-state index in [1.807, 2.05) is 13.1 Å². The molecule has 2 aromatic rings. The van der Waals surface area contributed by atoms with E-state index in [9.17, 15) is 4.79 Å². The van der Waals surface area contributed by atoms with E-state index in [0.717, 1.165) is 25.0 Å². The predicted octanol–water partition coefficient (Wildman–Crippen LogP) is 2.12. The topological polar surface area (TPSA) is 47.8 Å². The maximum absolute atomic E-state index is 12.5. The number of hydrogen-bond acceptors (Lipinski definition) is 3. The Hall–Kier alpha value is -1.97. The Morgan fingerprint density at radius 3 is 3.11 bits per heavy atom. The second kappa shape index (κ2) is 4.37. The summed E-state index contributed by atoms with van der Waals surface area (Å²) in [7, 11) is 1.87. The molecule has 1 aliphatic rings. The lowest BCUT2D eigenvalue weighted by molar-refractivity contribution is 0.0944. The Balaban J connectivity index is 1.96. The molecule has 3 rings (SSSR count). The molecular formula is C14H15N3O. The van der Waals surface area contributed by atoms with E-state index in [-0.39, 0.29) is 11.7 Å². The number of pyridine rings is 1. The summed E-state index contributed by atoms with van der Waals surface area (Å²) in [4.78, 5) is 21.0. The average Bonchev–Trinajstić information content (AvgIpc) is 2.84. The summed E-state index contributed by atoms with van der Waals surface area (Å²) in [5.41, 5.74) is 2.69. The van der Waals surface area contributed by atoms with Crippen LogP contribution in [0.25, 0.3) is 0 Å². The predicted molar refractivity (Wildman–Crippen MR) is 67.5 cm³/mol. The van der Waals surface area contributed by atoms with Crippen LogP contribution in [-0.4, -0.2) is 20.3 Å². The second-order valence-corrected chi connectivity index (χ2v) is 4.78. The van der Waals surface area contributed by atoms with Crippen molar-refractivity contribution in [2.75, 3.05) is 0 Å². The van der Waals surface area contributed by atoms with Crippen molar-refractivity contribution in [3.05, 3.63) is 47.8 Å². The van der Waals surface area contributed by atoms with E-state index < -0.39 is 0 Å². The highest BCUT2D eigenvalue weighted by atomic mass is 16.1. The number of carbonyl (C=O) groups excluding carboxylic acids is 1. The molecule has 0 aliphatic heterocycles. The first kappa shape index (κ1) is 11.1. The molecule has 1 atom stereocenters. The molecule has 1 aliphatic carbocycles. The molecule has 0 fully saturated rings. The van der Waals surface area contributed by atoms with Crippen LogP contribution in [0.4, 0.5) is 0 Å². The van der Waals surface area contributed by atoms with Crippen molar-refractivity contribution >= 4 is 5.78 Å². The van der Waals surface area contributed by atoms with Gasteiger partial charge in [0.1, 0.15) is 5.69 Å². The van der Waals surface area contributed by atoms with Gasteiger partial charge in [-0.2, -0.15) is 0 Å². The molecule has 2 heterocycles. The number of fused-ring (bicyclic) bond motifs is 1. The highest BCUT2D eigenvalue weighted by Crippen LogP contribution is 2.31. The number of imidazole rings is 1. The summed E-state index contributed by atoms with van der Waals surface area (Å²) in [5, 5.41) is 0. The van der Waals surface area contributed by atoms with Crippen molar-refractivity contribution in [2.45, 2.75) is 25.2 Å². The first-order chi connectivity index (χ1) is 8.75. The molecule has 0 saturated carbocycles. The van der Waals surface area contributed by atoms with Crippen molar-refractivity contribution in [1.29, 1.82) is 0 Å². The summed E-state index contributed by atoms with van der Waals surface area (Å²) in [5.74, 6) is -0.0277. The summed E-state index contributed by atoms with van der Waals surface area (Å²) < 4.78 is 1.80. The van der Waals surface area contributed by atoms with Crippen molar-refractivity contribution in [3.8, 4) is 0 Å². The number of rotatable bonds is 2. The molecule has 0 bridgehead atoms. The van der Waals surface area contributed by atoms with Crippen LogP contribution in [-0.2, 0) is 13.5 Å². The Morgan fingerprint density at radius 1 is 1.44 bits per heavy atom. The van der Waals surface area contributed by atoms with Gasteiger partial charge in [0.2, 0.25) is 0 Å². The van der Waals surface area contributed by atoms with E-state index in [1.165, 1.54) is 5.56 Å². The fraction of sp³-hybridized carbons (Fsp3) is 0.357. The molecule has 0 saturated heterocycles. The molecule has 0 amide bonds. The minimum Gasteiger partial charge on any atom is -0.340 e. The van der Waals surface area contributed by atoms with Gasteiger partial charge in [-0.25, -0.2) is 4.98 Å². The van der Waals surface area contributed by atoms with Crippen LogP contribution in [0.3, 0.4) is 0 Å². The van der Waals surface area contributed by atoms with Gasteiger partial charge in [0.15, 0.2) is 5.78 Å². The number of carbonyl (C=O) groups is 1. The normalized spacial score (nSPS) is 18.4. The summed E-state index contributed by atoms with van der Waals surface area (Å²) >= 11 is 0. The van der Waals surface area contributed by atoms with Gasteiger partial charge >= 0.3 is 0 Å². The van der Waals surface area contributed by atoms with E-state index in [2.05, 4.69) is 16.0 Å². The maximum atomic E-state index is 12.5. The zero-order chi connectivity index (χ0) is 12.5. The largest absolute Gasteiger partial charge is 0.340 e. The number of aryl methyl sites for hydroxylation is 2. The lowest BCUT2D eigenvalue weighted by atomic mass is 9.83. The molecular weight excluding hydrogens is 226 g/mol. The smallest absolute Gasteiger partial charge is 0.191 e. The molecule has 4 heteroatoms. The van der Waals surface area contributed by atoms with Crippen LogP contribution in [0, 0.1) is 0 Å². The van der Waals surface area contributed by atoms with Gasteiger partial charge < -0.3 is 4.57 Å². The van der Waals surface area contributed by atoms with Gasteiger partial charge in [-0.15, -0.1) is 0 Å². The highest BCUT2D eigenvalue weighted by molar-refractivity contribution is 5.99. The number of nitrogens with zero attached hydrogens (tertiary/aromatic N) is 3. The minimum atomic E-state index is -0.121. The first-order valence-corrected chi connectivity index (χ1v) is 6.21. The molecule has 0 N–H and O–H groups in total. The third-order valence-corrected chi connectivity index (χ3v) is 3.47. The summed E-state index contributed by atoms with van der Waals surface area (Å²) in [6.07, 6.45) is 8.15. The molecule has 4 nitrogen and oxygen atoms in total. The Bertz CT molecular complexity index is 588. The Labute approximate surface area is 106 Å². The average molecular weight is 241 g/mol. The SMILES string of the molecule is Cn1cnc(C(=O)C2CCCc3cccnc32)c1. The van der Waals surface area contributed by atoms with E-state index >= 15 is 0 Å². The highest BCUT2D eigenvalue weighted by Gasteiger charge is 2.29. The molecule has 0 aromatic carbocycles. The van der Waals surface area contributed by atoms with Gasteiger partial charge in [0.25, 0.3) is 0 Å². The van der Waals surface area contributed by atoms with Crippen LogP contribution >= 0.6 is 0 Å². The lowest BCUT2D eigenvalue weighted by Crippen LogP contribution is -2.20. The Morgan fingerprint density at radius 2 is 2.33 bits per heavy atom. The molecule has 92 valence electrons. The molecule has 2 aromatic heterocycles. The third-order valence-electron chi connectivity index (χ3n) is 3.47. The fourth-order valence-corrected chi connectivity index (χ4v) is 2.58. The van der Waals surface area contributed by atoms with Crippen LogP contribution in [0.15, 0.2) is 30.9 Å². The van der Waals surface area contributed by atoms with Crippen LogP contribution in [0.1, 0.15) is 40.5 Å². The van der Waals surface area contributed by atoms with E-state index in [4.69, 9.17) is 0 Å². The second-order valence-electron chi connectivity index (χ2n) is 4.78. The van der Waals surface area contributed by atoms with Crippen molar-refractivity contribution in [1.82, 2.24) is 14.5 Å². The molecule has 0 radical (unpaired) electrons. The zero-order valence-corrected chi connectivity index (χ0v) is 10.3. The fourth-order valence-electron chi connectivity index (χ4n) is 2.58. The van der Waals surface area contributed by atoms with Gasteiger partial charge in [-0.05, 0) is 30.9 Å². The van der Waals surface area contributed by atoms with Gasteiger partial charge in [0.05, 0.1) is 17.9 Å². The van der Waals surface area contributed by atoms with E-state index in [0.29, 0.717) is 5.69 Å². The van der Waals surface area contributed by atoms with Crippen molar-refractivity contribution in [2.24, 2.45) is 7.05 Å². The minimum absolute atomic E-state index is 0.0928. The van der Waals surface area contributed by atoms with Crippen LogP contribution in [0.2, 0.25) is 0 Å². The third kappa shape index (κ3) is 1.83. The van der Waals surface area contributed by atoms with Gasteiger partial charge in [-0.3, -0.25) is 9.78 Å². The van der Waals surface area contributed by atoms with Gasteiger partial charge in [-0.1, -0.05) is 6.07 Å². The number of aromatic nitrogens is 3. The van der Waals surface area contributed by atoms with Crippen LogP contribution in [0.5, 0.6) is 0 Å². The quantitative estimate of drug-likeness (QED) is 0.757. The summed E-state index contributed by atoms with van der Waals surface area (Å²) in [6, 6.07) is 4.01. The maximum Gasteiger partial charge on any atom is 0.191 e. The molecule has 0 spiro atoms. The lowest BCUT2D eigenvalue weighted by Gasteiger charge is -2.22. The molecule has 18 heavy (non-hydrogen) atoms. The standard InChI is InChI=1S/C14H15N3O/c1-17-8-12(16-9-17)14(18)11-6-2-4-10-5-3-7-15-13(10)11/h3,5,7-9,11H,2,4,6H2,1H3. The van der Waals surface area contributed by atoms with Gasteiger partial charge in [0, 0.05) is 19.4 Å².